The molecule has 0 fully saturated rings. The third kappa shape index (κ3) is 4.87. The van der Waals surface area contributed by atoms with Crippen LogP contribution in [0, 0.1) is 0 Å². The molecule has 0 radical (unpaired) electrons. The van der Waals surface area contributed by atoms with Crippen LogP contribution in [0.2, 0.25) is 10.0 Å². The number of amides is 2. The zero-order valence-corrected chi connectivity index (χ0v) is 13.5. The van der Waals surface area contributed by atoms with Gasteiger partial charge in [0.1, 0.15) is 5.75 Å². The van der Waals surface area contributed by atoms with E-state index in [-0.39, 0.29) is 21.5 Å². The minimum absolute atomic E-state index is 0.176. The highest BCUT2D eigenvalue weighted by Gasteiger charge is 2.15. The van der Waals surface area contributed by atoms with Crippen LogP contribution in [0.4, 0.5) is 5.69 Å². The summed E-state index contributed by atoms with van der Waals surface area (Å²) in [6.07, 6.45) is 0.539. The lowest BCUT2D eigenvalue weighted by molar-refractivity contribution is -0.136. The Morgan fingerprint density at radius 3 is 2.39 bits per heavy atom. The summed E-state index contributed by atoms with van der Waals surface area (Å²) >= 11 is 11.8. The van der Waals surface area contributed by atoms with Crippen molar-refractivity contribution in [2.75, 3.05) is 11.9 Å². The number of anilines is 1. The number of hydrogen-bond acceptors (Lipinski definition) is 3. The molecule has 5 nitrogen and oxygen atoms in total. The van der Waals surface area contributed by atoms with Gasteiger partial charge in [0.2, 0.25) is 0 Å². The minimum atomic E-state index is -0.820. The van der Waals surface area contributed by atoms with Crippen molar-refractivity contribution in [2.24, 2.45) is 0 Å². The van der Waals surface area contributed by atoms with Gasteiger partial charge in [-0.1, -0.05) is 41.4 Å². The molecular formula is C16H14Cl2N2O3. The van der Waals surface area contributed by atoms with Crippen molar-refractivity contribution < 1.29 is 14.7 Å². The van der Waals surface area contributed by atoms with Crippen LogP contribution in [-0.2, 0) is 16.0 Å². The molecule has 2 aromatic carbocycles. The van der Waals surface area contributed by atoms with Gasteiger partial charge in [0.05, 0.1) is 15.7 Å². The fourth-order valence-corrected chi connectivity index (χ4v) is 2.19. The van der Waals surface area contributed by atoms with Crippen molar-refractivity contribution in [1.29, 1.82) is 0 Å². The molecule has 2 amide bonds. The second-order valence-corrected chi connectivity index (χ2v) is 5.51. The van der Waals surface area contributed by atoms with Gasteiger partial charge in [-0.15, -0.1) is 0 Å². The molecule has 3 N–H and O–H groups in total. The van der Waals surface area contributed by atoms with E-state index >= 15 is 0 Å². The van der Waals surface area contributed by atoms with Gasteiger partial charge in [0, 0.05) is 6.54 Å². The lowest BCUT2D eigenvalue weighted by Gasteiger charge is -2.08. The van der Waals surface area contributed by atoms with E-state index in [1.807, 2.05) is 0 Å². The summed E-state index contributed by atoms with van der Waals surface area (Å²) in [4.78, 5) is 23.6. The number of benzene rings is 2. The minimum Gasteiger partial charge on any atom is -0.508 e. The van der Waals surface area contributed by atoms with E-state index in [0.29, 0.717) is 13.0 Å². The summed E-state index contributed by atoms with van der Waals surface area (Å²) in [5, 5.41) is 14.6. The molecule has 0 aliphatic carbocycles. The van der Waals surface area contributed by atoms with Gasteiger partial charge in [0.15, 0.2) is 0 Å². The smallest absolute Gasteiger partial charge is 0.313 e. The molecule has 0 atom stereocenters. The van der Waals surface area contributed by atoms with Gasteiger partial charge in [-0.25, -0.2) is 0 Å². The van der Waals surface area contributed by atoms with Crippen LogP contribution in [0.1, 0.15) is 5.56 Å². The first-order valence-corrected chi connectivity index (χ1v) is 7.54. The Balaban J connectivity index is 1.84. The molecule has 0 saturated carbocycles. The van der Waals surface area contributed by atoms with E-state index in [0.717, 1.165) is 5.56 Å². The van der Waals surface area contributed by atoms with Gasteiger partial charge < -0.3 is 15.7 Å². The van der Waals surface area contributed by atoms with Crippen molar-refractivity contribution >= 4 is 40.7 Å². The van der Waals surface area contributed by atoms with Crippen molar-refractivity contribution in [1.82, 2.24) is 5.32 Å². The molecule has 2 rings (SSSR count). The normalized spacial score (nSPS) is 10.2. The number of rotatable bonds is 4. The van der Waals surface area contributed by atoms with Crippen molar-refractivity contribution in [2.45, 2.75) is 6.42 Å². The van der Waals surface area contributed by atoms with Crippen LogP contribution in [0.25, 0.3) is 0 Å². The molecule has 0 spiro atoms. The summed E-state index contributed by atoms with van der Waals surface area (Å²) in [5.74, 6) is -1.41. The number of carbonyl (C=O) groups is 2. The van der Waals surface area contributed by atoms with Crippen molar-refractivity contribution in [3.63, 3.8) is 0 Å². The summed E-state index contributed by atoms with van der Waals surface area (Å²) in [7, 11) is 0. The predicted octanol–water partition coefficient (Wildman–Crippen LogP) is 3.00. The number of phenols is 1. The molecular weight excluding hydrogens is 339 g/mol. The number of phenolic OH excluding ortho intramolecular Hbond substituents is 1. The molecule has 0 aromatic heterocycles. The summed E-state index contributed by atoms with van der Waals surface area (Å²) in [6.45, 7) is 0.292. The molecule has 0 aliphatic heterocycles. The fourth-order valence-electron chi connectivity index (χ4n) is 1.84. The maximum atomic E-state index is 11.8. The third-order valence-electron chi connectivity index (χ3n) is 3.04. The molecule has 0 heterocycles. The first-order valence-electron chi connectivity index (χ1n) is 6.78. The number of nitrogens with one attached hydrogen (secondary N) is 2. The number of halogens is 2. The van der Waals surface area contributed by atoms with E-state index in [4.69, 9.17) is 23.2 Å². The molecule has 7 heteroatoms. The van der Waals surface area contributed by atoms with E-state index in [1.54, 1.807) is 42.5 Å². The predicted molar refractivity (Wildman–Crippen MR) is 89.9 cm³/mol. The average molecular weight is 353 g/mol. The van der Waals surface area contributed by atoms with Gasteiger partial charge in [0.25, 0.3) is 0 Å². The molecule has 120 valence electrons. The number of aromatic hydroxyl groups is 1. The summed E-state index contributed by atoms with van der Waals surface area (Å²) < 4.78 is 0. The zero-order valence-electron chi connectivity index (χ0n) is 12.0. The van der Waals surface area contributed by atoms with Crippen LogP contribution in [0.3, 0.4) is 0 Å². The van der Waals surface area contributed by atoms with Gasteiger partial charge in [-0.3, -0.25) is 9.59 Å². The van der Waals surface area contributed by atoms with E-state index in [2.05, 4.69) is 10.6 Å². The van der Waals surface area contributed by atoms with Gasteiger partial charge in [-0.2, -0.15) is 0 Å². The maximum absolute atomic E-state index is 11.8. The first-order chi connectivity index (χ1) is 11.0. The van der Waals surface area contributed by atoms with E-state index < -0.39 is 11.8 Å². The highest BCUT2D eigenvalue weighted by atomic mass is 35.5. The molecule has 0 unspecified atom stereocenters. The highest BCUT2D eigenvalue weighted by molar-refractivity contribution is 6.45. The van der Waals surface area contributed by atoms with Crippen LogP contribution < -0.4 is 10.6 Å². The Bertz CT molecular complexity index is 718. The monoisotopic (exact) mass is 352 g/mol. The Hall–Kier alpha value is -2.24. The Kier molecular flexibility index (Phi) is 5.84. The van der Waals surface area contributed by atoms with E-state index in [9.17, 15) is 14.7 Å². The Morgan fingerprint density at radius 2 is 1.70 bits per heavy atom. The van der Waals surface area contributed by atoms with Crippen LogP contribution in [0.5, 0.6) is 5.75 Å². The van der Waals surface area contributed by atoms with Gasteiger partial charge in [-0.05, 0) is 36.2 Å². The fraction of sp³-hybridized carbons (Fsp3) is 0.125. The number of hydrogen-bond donors (Lipinski definition) is 3. The van der Waals surface area contributed by atoms with Crippen molar-refractivity contribution in [3.05, 3.63) is 58.1 Å². The topological polar surface area (TPSA) is 78.4 Å². The molecule has 0 aliphatic rings. The Labute approximate surface area is 143 Å². The molecule has 0 bridgehead atoms. The quantitative estimate of drug-likeness (QED) is 0.740. The van der Waals surface area contributed by atoms with Crippen LogP contribution >= 0.6 is 23.2 Å². The third-order valence-corrected chi connectivity index (χ3v) is 3.86. The maximum Gasteiger partial charge on any atom is 0.313 e. The lowest BCUT2D eigenvalue weighted by Crippen LogP contribution is -2.36. The Morgan fingerprint density at radius 1 is 1.00 bits per heavy atom. The zero-order chi connectivity index (χ0) is 16.8. The summed E-state index contributed by atoms with van der Waals surface area (Å²) in [5.41, 5.74) is 1.21. The first kappa shape index (κ1) is 17.1. The molecule has 23 heavy (non-hydrogen) atoms. The molecule has 2 aromatic rings. The SMILES string of the molecule is O=C(NCCc1ccc(O)cc1)C(=O)Nc1cccc(Cl)c1Cl. The average Bonchev–Trinajstić information content (AvgIpc) is 2.53. The molecule has 0 saturated heterocycles. The summed E-state index contributed by atoms with van der Waals surface area (Å²) in [6, 6.07) is 11.4. The highest BCUT2D eigenvalue weighted by Crippen LogP contribution is 2.29. The largest absolute Gasteiger partial charge is 0.508 e. The van der Waals surface area contributed by atoms with Gasteiger partial charge >= 0.3 is 11.8 Å². The lowest BCUT2D eigenvalue weighted by atomic mass is 10.1. The second-order valence-electron chi connectivity index (χ2n) is 4.73. The van der Waals surface area contributed by atoms with Crippen LogP contribution in [0.15, 0.2) is 42.5 Å². The standard InChI is InChI=1S/C16H14Cl2N2O3/c17-12-2-1-3-13(14(12)18)20-16(23)15(22)19-9-8-10-4-6-11(21)7-5-10/h1-7,21H,8-9H2,(H,19,22)(H,20,23). The number of carbonyl (C=O) groups excluding carboxylic acids is 2. The second kappa shape index (κ2) is 7.85. The van der Waals surface area contributed by atoms with E-state index in [1.165, 1.54) is 0 Å². The van der Waals surface area contributed by atoms with Crippen LogP contribution in [-0.4, -0.2) is 23.5 Å². The van der Waals surface area contributed by atoms with Crippen molar-refractivity contribution in [3.8, 4) is 5.75 Å².